The lowest BCUT2D eigenvalue weighted by Crippen LogP contribution is -2.47. The van der Waals surface area contributed by atoms with Gasteiger partial charge in [-0.2, -0.15) is 0 Å². The number of fused-ring (bicyclic) bond motifs is 2. The number of Topliss-reactive ketones (excluding diaryl/α,β-unsaturated/α-hetero) is 2. The minimum atomic E-state index is -1.06. The van der Waals surface area contributed by atoms with Gasteiger partial charge in [-0.15, -0.1) is 0 Å². The first-order chi connectivity index (χ1) is 14.8. The Balaban J connectivity index is 1.29. The van der Waals surface area contributed by atoms with E-state index in [0.717, 1.165) is 12.1 Å². The molecule has 0 bridgehead atoms. The average molecular weight is 433 g/mol. The number of aliphatic hydroxyl groups excluding tert-OH is 2. The van der Waals surface area contributed by atoms with E-state index in [1.807, 2.05) is 0 Å². The third kappa shape index (κ3) is 4.58. The maximum atomic E-state index is 13.3. The van der Waals surface area contributed by atoms with Gasteiger partial charge in [0.1, 0.15) is 47.5 Å². The summed E-state index contributed by atoms with van der Waals surface area (Å²) in [7, 11) is 0. The van der Waals surface area contributed by atoms with Gasteiger partial charge in [0.2, 0.25) is 0 Å². The SMILES string of the molecule is O=C1C[C@@H]([C@H](O)CNC[C@@H](O)[C@H]2CC(=O)c3cc(F)ccc3O2)Oc2ccc(F)cc21. The molecule has 9 heteroatoms. The largest absolute Gasteiger partial charge is 0.486 e. The molecule has 2 aliphatic rings. The van der Waals surface area contributed by atoms with Crippen LogP contribution in [0.3, 0.4) is 0 Å². The molecule has 0 radical (unpaired) electrons. The Morgan fingerprint density at radius 3 is 1.68 bits per heavy atom. The van der Waals surface area contributed by atoms with Crippen LogP contribution in [0.2, 0.25) is 0 Å². The number of benzene rings is 2. The van der Waals surface area contributed by atoms with Gasteiger partial charge in [0, 0.05) is 13.1 Å². The molecule has 2 aromatic rings. The standard InChI is InChI=1S/C22H21F2NO6/c23-11-1-3-19-13(5-11)15(26)7-21(30-19)17(28)9-25-10-18(29)22-8-16(27)14-6-12(24)2-4-20(14)31-22/h1-6,17-18,21-22,25,28-29H,7-10H2/t17-,18-,21-,22+/m1/s1. The summed E-state index contributed by atoms with van der Waals surface area (Å²) in [5.74, 6) is -1.30. The highest BCUT2D eigenvalue weighted by atomic mass is 19.1. The zero-order valence-corrected chi connectivity index (χ0v) is 16.4. The minimum absolute atomic E-state index is 0.00794. The molecule has 0 spiro atoms. The molecule has 0 aliphatic carbocycles. The fraction of sp³-hybridized carbons (Fsp3) is 0.364. The van der Waals surface area contributed by atoms with Crippen LogP contribution >= 0.6 is 0 Å². The van der Waals surface area contributed by atoms with Gasteiger partial charge in [-0.25, -0.2) is 8.78 Å². The third-order valence-electron chi connectivity index (χ3n) is 5.38. The van der Waals surface area contributed by atoms with Crippen molar-refractivity contribution in [1.82, 2.24) is 5.32 Å². The Labute approximate surface area is 176 Å². The molecule has 2 aromatic carbocycles. The second-order valence-corrected chi connectivity index (χ2v) is 7.64. The molecule has 4 atom stereocenters. The topological polar surface area (TPSA) is 105 Å². The van der Waals surface area contributed by atoms with Gasteiger partial charge in [-0.1, -0.05) is 0 Å². The van der Waals surface area contributed by atoms with Crippen LogP contribution in [-0.4, -0.2) is 59.3 Å². The fourth-order valence-corrected chi connectivity index (χ4v) is 3.71. The summed E-state index contributed by atoms with van der Waals surface area (Å²) in [6.45, 7) is 0.0159. The number of ether oxygens (including phenoxy) is 2. The molecule has 0 aromatic heterocycles. The van der Waals surface area contributed by atoms with E-state index < -0.39 is 36.1 Å². The van der Waals surface area contributed by atoms with Crippen molar-refractivity contribution in [1.29, 1.82) is 0 Å². The molecule has 0 amide bonds. The number of carbonyl (C=O) groups is 2. The van der Waals surface area contributed by atoms with Crippen LogP contribution < -0.4 is 14.8 Å². The van der Waals surface area contributed by atoms with E-state index in [-0.39, 0.29) is 60.1 Å². The van der Waals surface area contributed by atoms with Gasteiger partial charge in [-0.3, -0.25) is 9.59 Å². The second-order valence-electron chi connectivity index (χ2n) is 7.64. The number of carbonyl (C=O) groups excluding carboxylic acids is 2. The van der Waals surface area contributed by atoms with Crippen LogP contribution in [0.1, 0.15) is 33.6 Å². The predicted molar refractivity (Wildman–Crippen MR) is 104 cm³/mol. The Morgan fingerprint density at radius 1 is 0.839 bits per heavy atom. The predicted octanol–water partition coefficient (Wildman–Crippen LogP) is 1.64. The van der Waals surface area contributed by atoms with E-state index in [4.69, 9.17) is 9.47 Å². The lowest BCUT2D eigenvalue weighted by molar-refractivity contribution is 0.0106. The number of hydrogen-bond donors (Lipinski definition) is 3. The molecule has 0 unspecified atom stereocenters. The van der Waals surface area contributed by atoms with Crippen LogP contribution in [0.4, 0.5) is 8.78 Å². The van der Waals surface area contributed by atoms with E-state index >= 15 is 0 Å². The van der Waals surface area contributed by atoms with Gasteiger partial charge in [0.15, 0.2) is 11.6 Å². The molecule has 0 saturated carbocycles. The van der Waals surface area contributed by atoms with Crippen LogP contribution in [0.5, 0.6) is 11.5 Å². The van der Waals surface area contributed by atoms with Gasteiger partial charge in [0.25, 0.3) is 0 Å². The van der Waals surface area contributed by atoms with Crippen LogP contribution in [-0.2, 0) is 0 Å². The molecule has 31 heavy (non-hydrogen) atoms. The second kappa shape index (κ2) is 8.70. The lowest BCUT2D eigenvalue weighted by atomic mass is 9.97. The Bertz CT molecular complexity index is 934. The van der Waals surface area contributed by atoms with Crippen molar-refractivity contribution in [2.75, 3.05) is 13.1 Å². The van der Waals surface area contributed by atoms with E-state index in [1.165, 1.54) is 24.3 Å². The van der Waals surface area contributed by atoms with Gasteiger partial charge in [-0.05, 0) is 36.4 Å². The number of rotatable bonds is 6. The van der Waals surface area contributed by atoms with Crippen molar-refractivity contribution in [3.05, 3.63) is 59.2 Å². The molecule has 0 fully saturated rings. The van der Waals surface area contributed by atoms with Crippen molar-refractivity contribution in [3.63, 3.8) is 0 Å². The quantitative estimate of drug-likeness (QED) is 0.636. The highest BCUT2D eigenvalue weighted by Crippen LogP contribution is 2.30. The maximum Gasteiger partial charge on any atom is 0.170 e. The zero-order valence-electron chi connectivity index (χ0n) is 16.4. The molecule has 4 rings (SSSR count). The highest BCUT2D eigenvalue weighted by Gasteiger charge is 2.33. The number of halogens is 2. The normalized spacial score (nSPS) is 22.1. The molecule has 2 aliphatic heterocycles. The van der Waals surface area contributed by atoms with Gasteiger partial charge in [0.05, 0.1) is 24.0 Å². The van der Waals surface area contributed by atoms with Crippen molar-refractivity contribution >= 4 is 11.6 Å². The first-order valence-corrected chi connectivity index (χ1v) is 9.87. The molecule has 7 nitrogen and oxygen atoms in total. The molecular formula is C22H21F2NO6. The Morgan fingerprint density at radius 2 is 1.26 bits per heavy atom. The minimum Gasteiger partial charge on any atom is -0.486 e. The average Bonchev–Trinajstić information content (AvgIpc) is 2.74. The monoisotopic (exact) mass is 433 g/mol. The summed E-state index contributed by atoms with van der Waals surface area (Å²) in [4.78, 5) is 24.4. The summed E-state index contributed by atoms with van der Waals surface area (Å²) in [5.41, 5.74) is 0.289. The number of aliphatic hydroxyl groups is 2. The van der Waals surface area contributed by atoms with Crippen LogP contribution in [0, 0.1) is 11.6 Å². The van der Waals surface area contributed by atoms with E-state index in [0.29, 0.717) is 0 Å². The van der Waals surface area contributed by atoms with E-state index in [2.05, 4.69) is 5.32 Å². The van der Waals surface area contributed by atoms with Crippen LogP contribution in [0.15, 0.2) is 36.4 Å². The van der Waals surface area contributed by atoms with Crippen LogP contribution in [0.25, 0.3) is 0 Å². The Kier molecular flexibility index (Phi) is 5.99. The molecular weight excluding hydrogens is 412 g/mol. The van der Waals surface area contributed by atoms with E-state index in [1.54, 1.807) is 0 Å². The van der Waals surface area contributed by atoms with Crippen molar-refractivity contribution in [2.24, 2.45) is 0 Å². The summed E-state index contributed by atoms with van der Waals surface area (Å²) < 4.78 is 37.8. The molecule has 0 saturated heterocycles. The smallest absolute Gasteiger partial charge is 0.170 e. The Hall–Kier alpha value is -2.88. The summed E-state index contributed by atoms with van der Waals surface area (Å²) >= 11 is 0. The third-order valence-corrected chi connectivity index (χ3v) is 5.38. The van der Waals surface area contributed by atoms with Crippen molar-refractivity contribution < 1.29 is 38.1 Å². The summed E-state index contributed by atoms with van der Waals surface area (Å²) in [5, 5.41) is 23.6. The number of ketones is 2. The van der Waals surface area contributed by atoms with E-state index in [9.17, 15) is 28.6 Å². The summed E-state index contributed by atoms with van der Waals surface area (Å²) in [6.07, 6.45) is -3.96. The fourth-order valence-electron chi connectivity index (χ4n) is 3.71. The first kappa shape index (κ1) is 21.4. The molecule has 2 heterocycles. The van der Waals surface area contributed by atoms with Crippen molar-refractivity contribution in [2.45, 2.75) is 37.3 Å². The molecule has 164 valence electrons. The molecule has 3 N–H and O–H groups in total. The van der Waals surface area contributed by atoms with Crippen molar-refractivity contribution in [3.8, 4) is 11.5 Å². The highest BCUT2D eigenvalue weighted by molar-refractivity contribution is 6.00. The zero-order chi connectivity index (χ0) is 22.1. The lowest BCUT2D eigenvalue weighted by Gasteiger charge is -2.30. The maximum absolute atomic E-state index is 13.3. The first-order valence-electron chi connectivity index (χ1n) is 9.87. The van der Waals surface area contributed by atoms with Gasteiger partial charge >= 0.3 is 0 Å². The number of nitrogens with one attached hydrogen (secondary N) is 1. The van der Waals surface area contributed by atoms with Gasteiger partial charge < -0.3 is 25.0 Å². The number of hydrogen-bond acceptors (Lipinski definition) is 7. The summed E-state index contributed by atoms with van der Waals surface area (Å²) in [6, 6.07) is 7.25.